The Bertz CT molecular complexity index is 487. The zero-order chi connectivity index (χ0) is 13.1. The maximum absolute atomic E-state index is 11.8. The third-order valence-corrected chi connectivity index (χ3v) is 4.26. The summed E-state index contributed by atoms with van der Waals surface area (Å²) in [6.45, 7) is 3.58. The van der Waals surface area contributed by atoms with Gasteiger partial charge in [0, 0.05) is 11.6 Å². The quantitative estimate of drug-likeness (QED) is 0.861. The van der Waals surface area contributed by atoms with E-state index >= 15 is 0 Å². The maximum Gasteiger partial charge on any atom is 0.240 e. The predicted molar refractivity (Wildman–Crippen MR) is 67.7 cm³/mol. The number of aryl methyl sites for hydroxylation is 1. The molecule has 1 rings (SSSR count). The first-order valence-electron chi connectivity index (χ1n) is 5.30. The van der Waals surface area contributed by atoms with Crippen LogP contribution in [-0.2, 0) is 10.0 Å². The summed E-state index contributed by atoms with van der Waals surface area (Å²) in [6.07, 6.45) is -0.178. The molecule has 96 valence electrons. The Balaban J connectivity index is 2.86. The first-order chi connectivity index (χ1) is 7.86. The fourth-order valence-corrected chi connectivity index (χ4v) is 2.52. The van der Waals surface area contributed by atoms with Crippen molar-refractivity contribution >= 4 is 21.6 Å². The van der Waals surface area contributed by atoms with Crippen LogP contribution in [0.4, 0.5) is 0 Å². The van der Waals surface area contributed by atoms with Crippen molar-refractivity contribution in [3.63, 3.8) is 0 Å². The molecule has 0 amide bonds. The molecule has 1 unspecified atom stereocenters. The van der Waals surface area contributed by atoms with Gasteiger partial charge in [0.1, 0.15) is 0 Å². The van der Waals surface area contributed by atoms with E-state index in [1.165, 1.54) is 12.1 Å². The number of rotatable bonds is 5. The zero-order valence-corrected chi connectivity index (χ0v) is 11.3. The average Bonchev–Trinajstić information content (AvgIpc) is 2.29. The molecule has 4 nitrogen and oxygen atoms in total. The van der Waals surface area contributed by atoms with Crippen molar-refractivity contribution in [3.8, 4) is 0 Å². The monoisotopic (exact) mass is 277 g/mol. The smallest absolute Gasteiger partial charge is 0.240 e. The van der Waals surface area contributed by atoms with E-state index in [1.807, 2.05) is 0 Å². The van der Waals surface area contributed by atoms with Gasteiger partial charge in [0.25, 0.3) is 0 Å². The molecule has 0 saturated carbocycles. The van der Waals surface area contributed by atoms with Gasteiger partial charge in [-0.15, -0.1) is 0 Å². The number of sulfonamides is 1. The summed E-state index contributed by atoms with van der Waals surface area (Å²) in [7, 11) is -3.60. The van der Waals surface area contributed by atoms with Crippen LogP contribution in [0.2, 0.25) is 5.02 Å². The molecule has 1 aromatic carbocycles. The molecule has 0 aliphatic carbocycles. The standard InChI is InChI=1S/C11H16ClNO3S/c1-3-9(14)7-13-17(15,16)10-5-4-8(2)11(12)6-10/h4-6,9,13-14H,3,7H2,1-2H3. The minimum atomic E-state index is -3.60. The summed E-state index contributed by atoms with van der Waals surface area (Å²) in [6, 6.07) is 4.53. The van der Waals surface area contributed by atoms with Crippen molar-refractivity contribution in [1.29, 1.82) is 0 Å². The highest BCUT2D eigenvalue weighted by Gasteiger charge is 2.15. The first kappa shape index (κ1) is 14.4. The van der Waals surface area contributed by atoms with Crippen LogP contribution in [0.15, 0.2) is 23.1 Å². The zero-order valence-electron chi connectivity index (χ0n) is 9.77. The van der Waals surface area contributed by atoms with Crippen LogP contribution in [0, 0.1) is 6.92 Å². The van der Waals surface area contributed by atoms with Gasteiger partial charge in [0.2, 0.25) is 10.0 Å². The van der Waals surface area contributed by atoms with E-state index < -0.39 is 16.1 Å². The van der Waals surface area contributed by atoms with E-state index in [9.17, 15) is 13.5 Å². The second-order valence-corrected chi connectivity index (χ2v) is 6.00. The van der Waals surface area contributed by atoms with E-state index in [1.54, 1.807) is 19.9 Å². The SMILES string of the molecule is CCC(O)CNS(=O)(=O)c1ccc(C)c(Cl)c1. The van der Waals surface area contributed by atoms with Crippen LogP contribution in [0.3, 0.4) is 0 Å². The molecule has 0 aromatic heterocycles. The first-order valence-corrected chi connectivity index (χ1v) is 7.17. The van der Waals surface area contributed by atoms with Crippen molar-refractivity contribution in [1.82, 2.24) is 4.72 Å². The van der Waals surface area contributed by atoms with Gasteiger partial charge in [0.15, 0.2) is 0 Å². The molecule has 2 N–H and O–H groups in total. The summed E-state index contributed by atoms with van der Waals surface area (Å²) in [5, 5.41) is 9.72. The molecule has 0 bridgehead atoms. The highest BCUT2D eigenvalue weighted by molar-refractivity contribution is 7.89. The highest BCUT2D eigenvalue weighted by atomic mass is 35.5. The van der Waals surface area contributed by atoms with E-state index in [2.05, 4.69) is 4.72 Å². The maximum atomic E-state index is 11.8. The predicted octanol–water partition coefficient (Wildman–Crippen LogP) is 1.70. The Morgan fingerprint density at radius 1 is 1.47 bits per heavy atom. The van der Waals surface area contributed by atoms with Gasteiger partial charge in [-0.25, -0.2) is 13.1 Å². The van der Waals surface area contributed by atoms with E-state index in [0.29, 0.717) is 11.4 Å². The molecule has 0 saturated heterocycles. The Morgan fingerprint density at radius 2 is 2.12 bits per heavy atom. The third-order valence-electron chi connectivity index (χ3n) is 2.43. The molecule has 0 spiro atoms. The summed E-state index contributed by atoms with van der Waals surface area (Å²) in [5.41, 5.74) is 0.819. The lowest BCUT2D eigenvalue weighted by Gasteiger charge is -2.10. The number of aliphatic hydroxyl groups is 1. The molecular formula is C11H16ClNO3S. The molecule has 6 heteroatoms. The molecule has 0 aliphatic heterocycles. The Morgan fingerprint density at radius 3 is 2.65 bits per heavy atom. The van der Waals surface area contributed by atoms with Crippen molar-refractivity contribution in [2.75, 3.05) is 6.54 Å². The largest absolute Gasteiger partial charge is 0.392 e. The van der Waals surface area contributed by atoms with E-state index in [0.717, 1.165) is 5.56 Å². The number of hydrogen-bond donors (Lipinski definition) is 2. The topological polar surface area (TPSA) is 66.4 Å². The number of nitrogens with one attached hydrogen (secondary N) is 1. The third kappa shape index (κ3) is 3.96. The summed E-state index contributed by atoms with van der Waals surface area (Å²) in [5.74, 6) is 0. The second-order valence-electron chi connectivity index (χ2n) is 3.82. The molecule has 0 radical (unpaired) electrons. The molecule has 17 heavy (non-hydrogen) atoms. The minimum absolute atomic E-state index is 0.00429. The van der Waals surface area contributed by atoms with Crippen molar-refractivity contribution in [3.05, 3.63) is 28.8 Å². The van der Waals surface area contributed by atoms with Crippen LogP contribution >= 0.6 is 11.6 Å². The average molecular weight is 278 g/mol. The van der Waals surface area contributed by atoms with Crippen molar-refractivity contribution < 1.29 is 13.5 Å². The molecule has 0 fully saturated rings. The summed E-state index contributed by atoms with van der Waals surface area (Å²) < 4.78 is 26.0. The molecule has 0 aliphatic rings. The Hall–Kier alpha value is -0.620. The number of hydrogen-bond acceptors (Lipinski definition) is 3. The fraction of sp³-hybridized carbons (Fsp3) is 0.455. The molecular weight excluding hydrogens is 262 g/mol. The molecule has 1 atom stereocenters. The van der Waals surface area contributed by atoms with Crippen LogP contribution in [0.5, 0.6) is 0 Å². The van der Waals surface area contributed by atoms with Crippen LogP contribution in [0.1, 0.15) is 18.9 Å². The van der Waals surface area contributed by atoms with Crippen LogP contribution < -0.4 is 4.72 Å². The van der Waals surface area contributed by atoms with Gasteiger partial charge in [0.05, 0.1) is 11.0 Å². The minimum Gasteiger partial charge on any atom is -0.392 e. The van der Waals surface area contributed by atoms with Crippen molar-refractivity contribution in [2.45, 2.75) is 31.3 Å². The van der Waals surface area contributed by atoms with Gasteiger partial charge in [-0.1, -0.05) is 24.6 Å². The lowest BCUT2D eigenvalue weighted by atomic mass is 10.2. The van der Waals surface area contributed by atoms with E-state index in [4.69, 9.17) is 11.6 Å². The number of halogens is 1. The lowest BCUT2D eigenvalue weighted by Crippen LogP contribution is -2.31. The Kier molecular flexibility index (Phi) is 4.94. The van der Waals surface area contributed by atoms with Gasteiger partial charge < -0.3 is 5.11 Å². The van der Waals surface area contributed by atoms with Gasteiger partial charge in [-0.2, -0.15) is 0 Å². The lowest BCUT2D eigenvalue weighted by molar-refractivity contribution is 0.174. The van der Waals surface area contributed by atoms with Crippen molar-refractivity contribution in [2.24, 2.45) is 0 Å². The second kappa shape index (κ2) is 5.82. The van der Waals surface area contributed by atoms with Crippen LogP contribution in [-0.4, -0.2) is 26.2 Å². The van der Waals surface area contributed by atoms with Gasteiger partial charge in [-0.3, -0.25) is 0 Å². The normalized spacial score (nSPS) is 13.6. The molecule has 0 heterocycles. The Labute approximate surface area is 107 Å². The van der Waals surface area contributed by atoms with E-state index in [-0.39, 0.29) is 11.4 Å². The fourth-order valence-electron chi connectivity index (χ4n) is 1.17. The highest BCUT2D eigenvalue weighted by Crippen LogP contribution is 2.19. The van der Waals surface area contributed by atoms with Gasteiger partial charge >= 0.3 is 0 Å². The summed E-state index contributed by atoms with van der Waals surface area (Å²) in [4.78, 5) is 0.108. The van der Waals surface area contributed by atoms with Gasteiger partial charge in [-0.05, 0) is 31.0 Å². The summed E-state index contributed by atoms with van der Waals surface area (Å²) >= 11 is 5.87. The number of aliphatic hydroxyl groups excluding tert-OH is 1. The van der Waals surface area contributed by atoms with Crippen LogP contribution in [0.25, 0.3) is 0 Å². The molecule has 1 aromatic rings. The number of benzene rings is 1.